The molecule has 1 N–H and O–H groups in total. The number of nitrogens with one attached hydrogen (secondary N) is 1. The van der Waals surface area contributed by atoms with Gasteiger partial charge in [-0.2, -0.15) is 5.10 Å². The third kappa shape index (κ3) is 3.19. The summed E-state index contributed by atoms with van der Waals surface area (Å²) >= 11 is 0. The normalized spacial score (nSPS) is 12.2. The Balaban J connectivity index is 1.65. The average molecular weight is 325 g/mol. The van der Waals surface area contributed by atoms with Crippen LogP contribution >= 0.6 is 0 Å². The highest BCUT2D eigenvalue weighted by Gasteiger charge is 2.12. The van der Waals surface area contributed by atoms with Gasteiger partial charge in [-0.1, -0.05) is 37.3 Å². The van der Waals surface area contributed by atoms with Crippen LogP contribution in [0.3, 0.4) is 0 Å². The predicted octanol–water partition coefficient (Wildman–Crippen LogP) is 1.05. The summed E-state index contributed by atoms with van der Waals surface area (Å²) < 4.78 is 2.83. The number of hydrogen-bond donors (Lipinski definition) is 1. The molecule has 124 valence electrons. The van der Waals surface area contributed by atoms with Crippen molar-refractivity contribution in [1.29, 1.82) is 0 Å². The second-order valence-electron chi connectivity index (χ2n) is 5.80. The van der Waals surface area contributed by atoms with Crippen LogP contribution in [0.15, 0.2) is 47.7 Å². The molecule has 0 aliphatic heterocycles. The molecule has 7 heteroatoms. The van der Waals surface area contributed by atoms with E-state index in [0.29, 0.717) is 17.6 Å². The van der Waals surface area contributed by atoms with E-state index in [2.05, 4.69) is 15.4 Å². The van der Waals surface area contributed by atoms with Crippen LogP contribution < -0.4 is 10.9 Å². The molecule has 0 bridgehead atoms. The summed E-state index contributed by atoms with van der Waals surface area (Å²) in [5.41, 5.74) is 1.40. The fourth-order valence-electron chi connectivity index (χ4n) is 2.56. The first-order chi connectivity index (χ1) is 11.6. The van der Waals surface area contributed by atoms with Gasteiger partial charge in [-0.15, -0.1) is 0 Å². The molecule has 0 saturated heterocycles. The smallest absolute Gasteiger partial charge is 0.264 e. The first-order valence-corrected chi connectivity index (χ1v) is 7.75. The van der Waals surface area contributed by atoms with Crippen LogP contribution in [-0.4, -0.2) is 31.8 Å². The van der Waals surface area contributed by atoms with E-state index >= 15 is 0 Å². The van der Waals surface area contributed by atoms with Crippen molar-refractivity contribution in [2.45, 2.75) is 19.4 Å². The van der Waals surface area contributed by atoms with E-state index in [1.807, 2.05) is 37.3 Å². The number of aromatic nitrogens is 4. The predicted molar refractivity (Wildman–Crippen MR) is 90.6 cm³/mol. The number of carbonyl (C=O) groups excluding carboxylic acids is 1. The first-order valence-electron chi connectivity index (χ1n) is 7.75. The van der Waals surface area contributed by atoms with Crippen molar-refractivity contribution in [3.05, 3.63) is 58.8 Å². The fourth-order valence-corrected chi connectivity index (χ4v) is 2.56. The molecule has 3 rings (SSSR count). The molecule has 1 atom stereocenters. The van der Waals surface area contributed by atoms with Gasteiger partial charge < -0.3 is 5.32 Å². The van der Waals surface area contributed by atoms with Gasteiger partial charge in [0.15, 0.2) is 5.65 Å². The van der Waals surface area contributed by atoms with Gasteiger partial charge in [0, 0.05) is 13.6 Å². The van der Waals surface area contributed by atoms with E-state index < -0.39 is 0 Å². The van der Waals surface area contributed by atoms with Crippen molar-refractivity contribution in [2.75, 3.05) is 6.54 Å². The third-order valence-corrected chi connectivity index (χ3v) is 4.01. The van der Waals surface area contributed by atoms with Gasteiger partial charge in [0.05, 0.1) is 6.20 Å². The summed E-state index contributed by atoms with van der Waals surface area (Å²) in [7, 11) is 1.72. The molecule has 2 heterocycles. The Kier molecular flexibility index (Phi) is 4.41. The molecule has 1 unspecified atom stereocenters. The van der Waals surface area contributed by atoms with E-state index in [9.17, 15) is 9.59 Å². The van der Waals surface area contributed by atoms with Gasteiger partial charge in [0.25, 0.3) is 5.56 Å². The standard InChI is InChI=1S/C17H19N5O2/c1-12(13-6-4-3-5-7-13)8-18-15(23)10-22-11-19-16-14(17(22)24)9-20-21(16)2/h3-7,9,11-12H,8,10H2,1-2H3,(H,18,23). The number of aryl methyl sites for hydroxylation is 1. The van der Waals surface area contributed by atoms with E-state index in [1.54, 1.807) is 7.05 Å². The van der Waals surface area contributed by atoms with Crippen LogP contribution in [0.5, 0.6) is 0 Å². The van der Waals surface area contributed by atoms with Gasteiger partial charge in [-0.3, -0.25) is 18.8 Å². The number of fused-ring (bicyclic) bond motifs is 1. The summed E-state index contributed by atoms with van der Waals surface area (Å²) in [6.07, 6.45) is 2.85. The second-order valence-corrected chi connectivity index (χ2v) is 5.80. The van der Waals surface area contributed by atoms with Gasteiger partial charge in [-0.05, 0) is 11.5 Å². The van der Waals surface area contributed by atoms with Crippen LogP contribution in [0.1, 0.15) is 18.4 Å². The zero-order valence-electron chi connectivity index (χ0n) is 13.6. The lowest BCUT2D eigenvalue weighted by Gasteiger charge is -2.13. The first kappa shape index (κ1) is 15.9. The second kappa shape index (κ2) is 6.66. The highest BCUT2D eigenvalue weighted by Crippen LogP contribution is 2.12. The van der Waals surface area contributed by atoms with Gasteiger partial charge in [0.1, 0.15) is 18.3 Å². The van der Waals surface area contributed by atoms with Crippen molar-refractivity contribution < 1.29 is 4.79 Å². The lowest BCUT2D eigenvalue weighted by Crippen LogP contribution is -2.34. The van der Waals surface area contributed by atoms with Gasteiger partial charge in [-0.25, -0.2) is 4.98 Å². The minimum absolute atomic E-state index is 0.0574. The number of hydrogen-bond acceptors (Lipinski definition) is 4. The van der Waals surface area contributed by atoms with Crippen LogP contribution in [0.2, 0.25) is 0 Å². The fraction of sp³-hybridized carbons (Fsp3) is 0.294. The van der Waals surface area contributed by atoms with Crippen molar-refractivity contribution in [1.82, 2.24) is 24.6 Å². The molecule has 7 nitrogen and oxygen atoms in total. The number of benzene rings is 1. The Morgan fingerprint density at radius 2 is 2.04 bits per heavy atom. The molecule has 24 heavy (non-hydrogen) atoms. The van der Waals surface area contributed by atoms with E-state index in [4.69, 9.17) is 0 Å². The van der Waals surface area contributed by atoms with E-state index in [-0.39, 0.29) is 23.9 Å². The Morgan fingerprint density at radius 3 is 2.79 bits per heavy atom. The molecule has 0 radical (unpaired) electrons. The Bertz CT molecular complexity index is 914. The highest BCUT2D eigenvalue weighted by atomic mass is 16.2. The lowest BCUT2D eigenvalue weighted by atomic mass is 10.0. The maximum atomic E-state index is 12.3. The molecular formula is C17H19N5O2. The topological polar surface area (TPSA) is 81.8 Å². The summed E-state index contributed by atoms with van der Waals surface area (Å²) in [6, 6.07) is 9.97. The summed E-state index contributed by atoms with van der Waals surface area (Å²) in [5, 5.41) is 7.28. The molecule has 0 saturated carbocycles. The van der Waals surface area contributed by atoms with Crippen molar-refractivity contribution >= 4 is 16.9 Å². The Morgan fingerprint density at radius 1 is 1.29 bits per heavy atom. The molecule has 1 amide bonds. The van der Waals surface area contributed by atoms with Gasteiger partial charge >= 0.3 is 0 Å². The Labute approximate surface area is 138 Å². The summed E-state index contributed by atoms with van der Waals surface area (Å²) in [4.78, 5) is 28.6. The molecular weight excluding hydrogens is 306 g/mol. The quantitative estimate of drug-likeness (QED) is 0.760. The molecule has 2 aromatic heterocycles. The molecule has 1 aromatic carbocycles. The largest absolute Gasteiger partial charge is 0.354 e. The lowest BCUT2D eigenvalue weighted by molar-refractivity contribution is -0.121. The van der Waals surface area contributed by atoms with Crippen LogP contribution in [0.25, 0.3) is 11.0 Å². The molecule has 0 aliphatic rings. The Hall–Kier alpha value is -2.96. The minimum atomic E-state index is -0.264. The molecule has 0 fully saturated rings. The minimum Gasteiger partial charge on any atom is -0.354 e. The van der Waals surface area contributed by atoms with Crippen molar-refractivity contribution in [3.63, 3.8) is 0 Å². The van der Waals surface area contributed by atoms with E-state index in [1.165, 1.54) is 21.8 Å². The van der Waals surface area contributed by atoms with Crippen LogP contribution in [-0.2, 0) is 18.4 Å². The SMILES string of the molecule is CC(CNC(=O)Cn1cnc2c(cnn2C)c1=O)c1ccccc1. The number of rotatable bonds is 5. The average Bonchev–Trinajstić information content (AvgIpc) is 2.98. The zero-order chi connectivity index (χ0) is 17.1. The number of amides is 1. The zero-order valence-corrected chi connectivity index (χ0v) is 13.6. The third-order valence-electron chi connectivity index (χ3n) is 4.01. The van der Waals surface area contributed by atoms with Gasteiger partial charge in [0.2, 0.25) is 5.91 Å². The van der Waals surface area contributed by atoms with Crippen molar-refractivity contribution in [3.8, 4) is 0 Å². The van der Waals surface area contributed by atoms with Crippen LogP contribution in [0, 0.1) is 0 Å². The van der Waals surface area contributed by atoms with Crippen molar-refractivity contribution in [2.24, 2.45) is 7.05 Å². The van der Waals surface area contributed by atoms with E-state index in [0.717, 1.165) is 5.56 Å². The molecule has 3 aromatic rings. The summed E-state index contributed by atoms with van der Waals surface area (Å²) in [6.45, 7) is 2.50. The summed E-state index contributed by atoms with van der Waals surface area (Å²) in [5.74, 6) is -0.0179. The highest BCUT2D eigenvalue weighted by molar-refractivity contribution is 5.77. The maximum absolute atomic E-state index is 12.3. The molecule has 0 spiro atoms. The van der Waals surface area contributed by atoms with Crippen LogP contribution in [0.4, 0.5) is 0 Å². The number of nitrogens with zero attached hydrogens (tertiary/aromatic N) is 4. The molecule has 0 aliphatic carbocycles. The number of carbonyl (C=O) groups is 1. The monoisotopic (exact) mass is 325 g/mol. The maximum Gasteiger partial charge on any atom is 0.264 e.